The van der Waals surface area contributed by atoms with Gasteiger partial charge in [-0.1, -0.05) is 11.3 Å². The van der Waals surface area contributed by atoms with Gasteiger partial charge < -0.3 is 34.3 Å². The summed E-state index contributed by atoms with van der Waals surface area (Å²) in [5.41, 5.74) is 0.0457. The average molecular weight is 505 g/mol. The number of rotatable bonds is 5. The van der Waals surface area contributed by atoms with E-state index in [4.69, 9.17) is 14.5 Å². The van der Waals surface area contributed by atoms with E-state index in [0.717, 1.165) is 23.7 Å². The van der Waals surface area contributed by atoms with Gasteiger partial charge >= 0.3 is 12.3 Å². The Morgan fingerprint density at radius 2 is 1.94 bits per heavy atom. The van der Waals surface area contributed by atoms with E-state index in [1.54, 1.807) is 12.1 Å². The van der Waals surface area contributed by atoms with Gasteiger partial charge in [0.1, 0.15) is 11.3 Å². The number of hydrogen-bond acceptors (Lipinski definition) is 9. The number of anilines is 2. The number of morpholine rings is 1. The molecular weight excluding hydrogens is 488 g/mol. The van der Waals surface area contributed by atoms with Gasteiger partial charge in [-0.25, -0.2) is 9.78 Å². The van der Waals surface area contributed by atoms with Crippen molar-refractivity contribution >= 4 is 44.2 Å². The number of halogens is 2. The first-order chi connectivity index (χ1) is 16.7. The molecule has 2 bridgehead atoms. The molecular formula is C22H17F2N3O7S. The Kier molecular flexibility index (Phi) is 4.76. The van der Waals surface area contributed by atoms with Gasteiger partial charge in [0.2, 0.25) is 0 Å². The number of amides is 1. The Balaban J connectivity index is 1.38. The Labute approximate surface area is 200 Å². The van der Waals surface area contributed by atoms with E-state index in [-0.39, 0.29) is 29.1 Å². The highest BCUT2D eigenvalue weighted by molar-refractivity contribution is 7.22. The third-order valence-electron chi connectivity index (χ3n) is 6.15. The van der Waals surface area contributed by atoms with E-state index in [9.17, 15) is 23.5 Å². The van der Waals surface area contributed by atoms with Gasteiger partial charge in [0.15, 0.2) is 16.6 Å². The van der Waals surface area contributed by atoms with E-state index < -0.39 is 35.2 Å². The summed E-state index contributed by atoms with van der Waals surface area (Å²) in [5.74, 6) is -2.73. The molecule has 10 nitrogen and oxygen atoms in total. The van der Waals surface area contributed by atoms with Gasteiger partial charge in [0.05, 0.1) is 53.9 Å². The zero-order valence-electron chi connectivity index (χ0n) is 18.0. The van der Waals surface area contributed by atoms with Crippen molar-refractivity contribution in [3.05, 3.63) is 35.4 Å². The summed E-state index contributed by atoms with van der Waals surface area (Å²) in [7, 11) is 1.41. The van der Waals surface area contributed by atoms with E-state index in [1.807, 2.05) is 0 Å². The minimum absolute atomic E-state index is 0.148. The molecule has 182 valence electrons. The molecule has 13 heteroatoms. The number of carboxylic acid groups (broad SMARTS) is 1. The van der Waals surface area contributed by atoms with Crippen molar-refractivity contribution in [3.63, 3.8) is 0 Å². The van der Waals surface area contributed by atoms with Crippen LogP contribution in [0.1, 0.15) is 27.1 Å². The van der Waals surface area contributed by atoms with Crippen LogP contribution < -0.4 is 24.4 Å². The number of carboxylic acids is 1. The summed E-state index contributed by atoms with van der Waals surface area (Å²) in [5, 5.41) is 12.8. The van der Waals surface area contributed by atoms with Crippen LogP contribution in [0.25, 0.3) is 10.2 Å². The number of alkyl halides is 2. The van der Waals surface area contributed by atoms with Crippen molar-refractivity contribution in [1.82, 2.24) is 4.98 Å². The van der Waals surface area contributed by atoms with Crippen molar-refractivity contribution in [2.24, 2.45) is 0 Å². The van der Waals surface area contributed by atoms with Crippen molar-refractivity contribution in [1.29, 1.82) is 0 Å². The van der Waals surface area contributed by atoms with Crippen LogP contribution in [0.2, 0.25) is 0 Å². The van der Waals surface area contributed by atoms with Gasteiger partial charge in [-0.15, -0.1) is 8.78 Å². The van der Waals surface area contributed by atoms with E-state index in [2.05, 4.69) is 19.7 Å². The molecule has 6 rings (SSSR count). The topological polar surface area (TPSA) is 119 Å². The first-order valence-corrected chi connectivity index (χ1v) is 11.4. The monoisotopic (exact) mass is 505 g/mol. The molecule has 0 spiro atoms. The SMILES string of the molecule is COc1ccc2nc(N3C4COCC3C4)sc2c1C(=O)Nc1cc2c(cc1C(=O)O)OC(F)(F)O2. The largest absolute Gasteiger partial charge is 0.586 e. The maximum atomic E-state index is 13.5. The highest BCUT2D eigenvalue weighted by atomic mass is 32.1. The van der Waals surface area contributed by atoms with Crippen LogP contribution in [0, 0.1) is 0 Å². The van der Waals surface area contributed by atoms with Gasteiger partial charge in [-0.3, -0.25) is 4.79 Å². The van der Waals surface area contributed by atoms with Crippen LogP contribution in [0.3, 0.4) is 0 Å². The average Bonchev–Trinajstić information content (AvgIpc) is 3.36. The third-order valence-corrected chi connectivity index (χ3v) is 7.25. The summed E-state index contributed by atoms with van der Waals surface area (Å²) in [6, 6.07) is 5.67. The number of carbonyl (C=O) groups is 2. The second-order valence-electron chi connectivity index (χ2n) is 8.25. The first-order valence-electron chi connectivity index (χ1n) is 10.6. The van der Waals surface area contributed by atoms with Gasteiger partial charge in [-0.05, 0) is 18.6 Å². The summed E-state index contributed by atoms with van der Waals surface area (Å²) in [4.78, 5) is 32.1. The standard InChI is InChI=1S/C22H17F2N3O7S/c1-31-14-3-2-12-18(35-21(26-12)27-9-4-10(27)8-32-7-9)17(14)19(28)25-13-6-16-15(5-11(13)20(29)30)33-22(23,24)34-16/h2-3,5-6,9-10H,4,7-8H2,1H3,(H,25,28)(H,29,30). The van der Waals surface area contributed by atoms with Gasteiger partial charge in [-0.2, -0.15) is 0 Å². The van der Waals surface area contributed by atoms with E-state index >= 15 is 0 Å². The van der Waals surface area contributed by atoms with E-state index in [0.29, 0.717) is 23.4 Å². The maximum Gasteiger partial charge on any atom is 0.586 e. The highest BCUT2D eigenvalue weighted by Gasteiger charge is 2.45. The number of benzene rings is 2. The zero-order valence-corrected chi connectivity index (χ0v) is 18.9. The number of thiazole rings is 1. The van der Waals surface area contributed by atoms with Crippen molar-refractivity contribution in [3.8, 4) is 17.2 Å². The Hall–Kier alpha value is -3.71. The molecule has 35 heavy (non-hydrogen) atoms. The molecule has 2 atom stereocenters. The normalized spacial score (nSPS) is 21.5. The molecule has 0 saturated carbocycles. The molecule has 2 fully saturated rings. The molecule has 1 amide bonds. The fourth-order valence-corrected chi connectivity index (χ4v) is 5.81. The van der Waals surface area contributed by atoms with Crippen LogP contribution in [0.15, 0.2) is 24.3 Å². The molecule has 2 unspecified atom stereocenters. The lowest BCUT2D eigenvalue weighted by Crippen LogP contribution is -2.64. The van der Waals surface area contributed by atoms with Crippen LogP contribution in [-0.4, -0.2) is 60.7 Å². The van der Waals surface area contributed by atoms with Crippen LogP contribution in [0.4, 0.5) is 19.6 Å². The number of aromatic nitrogens is 1. The Morgan fingerprint density at radius 1 is 1.23 bits per heavy atom. The molecule has 3 aliphatic heterocycles. The number of aromatic carboxylic acids is 1. The number of hydrogen-bond donors (Lipinski definition) is 2. The van der Waals surface area contributed by atoms with Crippen LogP contribution in [0.5, 0.6) is 17.2 Å². The third kappa shape index (κ3) is 3.49. The second-order valence-corrected chi connectivity index (χ2v) is 9.22. The molecule has 3 aliphatic rings. The molecule has 0 aliphatic carbocycles. The van der Waals surface area contributed by atoms with Crippen LogP contribution in [-0.2, 0) is 4.74 Å². The number of nitrogens with one attached hydrogen (secondary N) is 1. The van der Waals surface area contributed by atoms with Crippen molar-refractivity contribution in [2.75, 3.05) is 30.5 Å². The fraction of sp³-hybridized carbons (Fsp3) is 0.318. The second kappa shape index (κ2) is 7.65. The Morgan fingerprint density at radius 3 is 2.60 bits per heavy atom. The lowest BCUT2D eigenvalue weighted by atomic mass is 9.92. The van der Waals surface area contributed by atoms with Gasteiger partial charge in [0, 0.05) is 12.1 Å². The van der Waals surface area contributed by atoms with Crippen molar-refractivity contribution in [2.45, 2.75) is 24.8 Å². The van der Waals surface area contributed by atoms with Gasteiger partial charge in [0.25, 0.3) is 5.91 Å². The predicted molar refractivity (Wildman–Crippen MR) is 119 cm³/mol. The fourth-order valence-electron chi connectivity index (χ4n) is 4.57. The number of nitrogens with zero attached hydrogens (tertiary/aromatic N) is 2. The smallest absolute Gasteiger partial charge is 0.496 e. The molecule has 0 radical (unpaired) electrons. The summed E-state index contributed by atoms with van der Waals surface area (Å²) in [6.07, 6.45) is -2.91. The summed E-state index contributed by atoms with van der Waals surface area (Å²) in [6.45, 7) is 1.23. The number of carbonyl (C=O) groups excluding carboxylic acids is 1. The molecule has 1 aromatic heterocycles. The molecule has 2 N–H and O–H groups in total. The quantitative estimate of drug-likeness (QED) is 0.536. The lowest BCUT2D eigenvalue weighted by Gasteiger charge is -2.52. The lowest BCUT2D eigenvalue weighted by molar-refractivity contribution is -0.286. The summed E-state index contributed by atoms with van der Waals surface area (Å²) >= 11 is 1.32. The highest BCUT2D eigenvalue weighted by Crippen LogP contribution is 2.45. The molecule has 4 heterocycles. The Bertz CT molecular complexity index is 1380. The van der Waals surface area contributed by atoms with Crippen molar-refractivity contribution < 1.29 is 42.4 Å². The predicted octanol–water partition coefficient (Wildman–Crippen LogP) is 3.55. The zero-order chi connectivity index (χ0) is 24.5. The minimum Gasteiger partial charge on any atom is -0.496 e. The first kappa shape index (κ1) is 21.8. The molecule has 2 aromatic carbocycles. The summed E-state index contributed by atoms with van der Waals surface area (Å²) < 4.78 is 47.2. The van der Waals surface area contributed by atoms with E-state index in [1.165, 1.54) is 18.4 Å². The molecule has 2 saturated heterocycles. The number of fused-ring (bicyclic) bond motifs is 4. The number of ether oxygens (including phenoxy) is 4. The minimum atomic E-state index is -3.94. The van der Waals surface area contributed by atoms with Crippen LogP contribution >= 0.6 is 11.3 Å². The maximum absolute atomic E-state index is 13.5. The number of methoxy groups -OCH3 is 1. The molecule has 3 aromatic rings.